The van der Waals surface area contributed by atoms with E-state index in [2.05, 4.69) is 29.6 Å². The van der Waals surface area contributed by atoms with E-state index in [1.807, 2.05) is 0 Å². The Morgan fingerprint density at radius 1 is 1.20 bits per heavy atom. The summed E-state index contributed by atoms with van der Waals surface area (Å²) in [5.41, 5.74) is 2.84. The van der Waals surface area contributed by atoms with Crippen molar-refractivity contribution >= 4 is 9.84 Å². The number of hydrogen-bond donors (Lipinski definition) is 1. The highest BCUT2D eigenvalue weighted by atomic mass is 32.2. The molecule has 1 aromatic rings. The SMILES string of the molecule is CC(C)(C)S(=O)(=O)CCNC1CCc2ccccc2C1. The Hall–Kier alpha value is -0.870. The summed E-state index contributed by atoms with van der Waals surface area (Å²) in [6.45, 7) is 5.84. The van der Waals surface area contributed by atoms with Crippen LogP contribution in [0.4, 0.5) is 0 Å². The zero-order valence-electron chi connectivity index (χ0n) is 12.6. The molecular weight excluding hydrogens is 270 g/mol. The lowest BCUT2D eigenvalue weighted by Gasteiger charge is -2.26. The van der Waals surface area contributed by atoms with Crippen LogP contribution in [0.2, 0.25) is 0 Å². The lowest BCUT2D eigenvalue weighted by molar-refractivity contribution is 0.468. The maximum atomic E-state index is 12.1. The van der Waals surface area contributed by atoms with Gasteiger partial charge in [0.2, 0.25) is 0 Å². The van der Waals surface area contributed by atoms with Gasteiger partial charge in [-0.05, 0) is 51.2 Å². The molecule has 0 aromatic heterocycles. The van der Waals surface area contributed by atoms with E-state index in [1.54, 1.807) is 20.8 Å². The van der Waals surface area contributed by atoms with E-state index in [1.165, 1.54) is 11.1 Å². The molecule has 0 bridgehead atoms. The van der Waals surface area contributed by atoms with Crippen LogP contribution in [0.5, 0.6) is 0 Å². The van der Waals surface area contributed by atoms with E-state index in [4.69, 9.17) is 0 Å². The number of fused-ring (bicyclic) bond motifs is 1. The minimum absolute atomic E-state index is 0.217. The van der Waals surface area contributed by atoms with Crippen molar-refractivity contribution in [1.82, 2.24) is 5.32 Å². The molecule has 3 nitrogen and oxygen atoms in total. The third-order valence-corrected chi connectivity index (χ3v) is 6.69. The number of aryl methyl sites for hydroxylation is 1. The second kappa shape index (κ2) is 5.86. The Kier molecular flexibility index (Phi) is 4.55. The first-order chi connectivity index (χ1) is 9.29. The third kappa shape index (κ3) is 3.61. The summed E-state index contributed by atoms with van der Waals surface area (Å²) >= 11 is 0. The van der Waals surface area contributed by atoms with Crippen LogP contribution in [0.3, 0.4) is 0 Å². The van der Waals surface area contributed by atoms with Gasteiger partial charge in [0.25, 0.3) is 0 Å². The van der Waals surface area contributed by atoms with Gasteiger partial charge in [0.05, 0.1) is 10.5 Å². The fraction of sp³-hybridized carbons (Fsp3) is 0.625. The largest absolute Gasteiger partial charge is 0.313 e. The van der Waals surface area contributed by atoms with Crippen molar-refractivity contribution in [3.8, 4) is 0 Å². The van der Waals surface area contributed by atoms with Crippen molar-refractivity contribution in [2.24, 2.45) is 0 Å². The first-order valence-corrected chi connectivity index (χ1v) is 8.97. The van der Waals surface area contributed by atoms with Crippen LogP contribution in [-0.4, -0.2) is 31.5 Å². The topological polar surface area (TPSA) is 46.2 Å². The molecule has 2 rings (SSSR count). The molecule has 0 heterocycles. The molecule has 0 saturated heterocycles. The Morgan fingerprint density at radius 3 is 2.50 bits per heavy atom. The van der Waals surface area contributed by atoms with Crippen molar-refractivity contribution in [1.29, 1.82) is 0 Å². The summed E-state index contributed by atoms with van der Waals surface area (Å²) in [6, 6.07) is 8.93. The fourth-order valence-electron chi connectivity index (χ4n) is 2.58. The summed E-state index contributed by atoms with van der Waals surface area (Å²) in [7, 11) is -3.02. The van der Waals surface area contributed by atoms with Gasteiger partial charge in [-0.15, -0.1) is 0 Å². The van der Waals surface area contributed by atoms with Gasteiger partial charge in [0.1, 0.15) is 0 Å². The number of hydrogen-bond acceptors (Lipinski definition) is 3. The second-order valence-electron chi connectivity index (χ2n) is 6.59. The average molecular weight is 295 g/mol. The Labute approximate surface area is 122 Å². The Bertz CT molecular complexity index is 558. The summed E-state index contributed by atoms with van der Waals surface area (Å²) in [5.74, 6) is 0.217. The van der Waals surface area contributed by atoms with Gasteiger partial charge in [0, 0.05) is 12.6 Å². The van der Waals surface area contributed by atoms with E-state index in [0.717, 1.165) is 19.3 Å². The van der Waals surface area contributed by atoms with Gasteiger partial charge in [-0.25, -0.2) is 8.42 Å². The molecule has 1 aliphatic rings. The molecular formula is C16H25NO2S. The highest BCUT2D eigenvalue weighted by Gasteiger charge is 2.28. The molecule has 20 heavy (non-hydrogen) atoms. The molecule has 1 N–H and O–H groups in total. The predicted octanol–water partition coefficient (Wildman–Crippen LogP) is 2.35. The molecule has 1 unspecified atom stereocenters. The standard InChI is InChI=1S/C16H25NO2S/c1-16(2,3)20(18,19)11-10-17-15-9-8-13-6-4-5-7-14(13)12-15/h4-7,15,17H,8-12H2,1-3H3. The zero-order valence-corrected chi connectivity index (χ0v) is 13.5. The number of rotatable bonds is 4. The third-order valence-electron chi connectivity index (χ3n) is 4.08. The minimum Gasteiger partial charge on any atom is -0.313 e. The summed E-state index contributed by atoms with van der Waals surface area (Å²) in [6.07, 6.45) is 3.18. The van der Waals surface area contributed by atoms with Crippen molar-refractivity contribution in [2.45, 2.75) is 50.8 Å². The molecule has 1 aromatic carbocycles. The zero-order chi connectivity index (χ0) is 14.8. The van der Waals surface area contributed by atoms with E-state index in [9.17, 15) is 8.42 Å². The molecule has 0 radical (unpaired) electrons. The lowest BCUT2D eigenvalue weighted by Crippen LogP contribution is -2.40. The maximum Gasteiger partial charge on any atom is 0.156 e. The normalized spacial score (nSPS) is 19.6. The lowest BCUT2D eigenvalue weighted by atomic mass is 9.88. The van der Waals surface area contributed by atoms with E-state index in [-0.39, 0.29) is 5.75 Å². The fourth-order valence-corrected chi connectivity index (χ4v) is 3.57. The van der Waals surface area contributed by atoms with Crippen molar-refractivity contribution in [3.63, 3.8) is 0 Å². The molecule has 0 spiro atoms. The van der Waals surface area contributed by atoms with Crippen LogP contribution in [0.1, 0.15) is 38.3 Å². The molecule has 112 valence electrons. The van der Waals surface area contributed by atoms with Gasteiger partial charge in [-0.3, -0.25) is 0 Å². The highest BCUT2D eigenvalue weighted by Crippen LogP contribution is 2.21. The van der Waals surface area contributed by atoms with Gasteiger partial charge in [-0.1, -0.05) is 24.3 Å². The molecule has 1 atom stereocenters. The summed E-state index contributed by atoms with van der Waals surface area (Å²) in [5, 5.41) is 3.41. The van der Waals surface area contributed by atoms with Crippen LogP contribution < -0.4 is 5.32 Å². The molecule has 0 amide bonds. The first-order valence-electron chi connectivity index (χ1n) is 7.32. The molecule has 1 aliphatic carbocycles. The quantitative estimate of drug-likeness (QED) is 0.927. The minimum atomic E-state index is -3.02. The van der Waals surface area contributed by atoms with Crippen LogP contribution >= 0.6 is 0 Å². The van der Waals surface area contributed by atoms with Gasteiger partial charge >= 0.3 is 0 Å². The number of sulfone groups is 1. The van der Waals surface area contributed by atoms with Crippen LogP contribution in [0, 0.1) is 0 Å². The Morgan fingerprint density at radius 2 is 1.85 bits per heavy atom. The monoisotopic (exact) mass is 295 g/mol. The maximum absolute atomic E-state index is 12.1. The van der Waals surface area contributed by atoms with Crippen LogP contribution in [0.15, 0.2) is 24.3 Å². The predicted molar refractivity (Wildman–Crippen MR) is 83.8 cm³/mol. The molecule has 0 aliphatic heterocycles. The van der Waals surface area contributed by atoms with Gasteiger partial charge < -0.3 is 5.32 Å². The summed E-state index contributed by atoms with van der Waals surface area (Å²) in [4.78, 5) is 0. The smallest absolute Gasteiger partial charge is 0.156 e. The summed E-state index contributed by atoms with van der Waals surface area (Å²) < 4.78 is 23.4. The van der Waals surface area contributed by atoms with Crippen molar-refractivity contribution in [3.05, 3.63) is 35.4 Å². The van der Waals surface area contributed by atoms with E-state index >= 15 is 0 Å². The average Bonchev–Trinajstić information content (AvgIpc) is 2.37. The number of benzene rings is 1. The molecule has 0 saturated carbocycles. The van der Waals surface area contributed by atoms with Crippen LogP contribution in [0.25, 0.3) is 0 Å². The van der Waals surface area contributed by atoms with Crippen molar-refractivity contribution < 1.29 is 8.42 Å². The van der Waals surface area contributed by atoms with E-state index < -0.39 is 14.6 Å². The van der Waals surface area contributed by atoms with Crippen LogP contribution in [-0.2, 0) is 22.7 Å². The van der Waals surface area contributed by atoms with Crippen molar-refractivity contribution in [2.75, 3.05) is 12.3 Å². The Balaban J connectivity index is 1.86. The van der Waals surface area contributed by atoms with E-state index in [0.29, 0.717) is 12.6 Å². The van der Waals surface area contributed by atoms with Gasteiger partial charge in [0.15, 0.2) is 9.84 Å². The number of nitrogens with one attached hydrogen (secondary N) is 1. The van der Waals surface area contributed by atoms with Gasteiger partial charge in [-0.2, -0.15) is 0 Å². The second-order valence-corrected chi connectivity index (χ2v) is 9.46. The molecule has 0 fully saturated rings. The molecule has 4 heteroatoms. The first kappa shape index (κ1) is 15.5. The highest BCUT2D eigenvalue weighted by molar-refractivity contribution is 7.92.